The summed E-state index contributed by atoms with van der Waals surface area (Å²) in [6, 6.07) is 8.31. The number of hydrogen-bond acceptors (Lipinski definition) is 4. The lowest BCUT2D eigenvalue weighted by Gasteiger charge is -2.13. The molecule has 0 aliphatic rings. The van der Waals surface area contributed by atoms with E-state index in [1.54, 1.807) is 0 Å². The zero-order valence-electron chi connectivity index (χ0n) is 18.2. The smallest absolute Gasteiger partial charge is 0.417 e. The Bertz CT molecular complexity index is 1240. The molecule has 12 heteroatoms. The molecule has 35 heavy (non-hydrogen) atoms. The predicted molar refractivity (Wildman–Crippen MR) is 122 cm³/mol. The van der Waals surface area contributed by atoms with E-state index in [9.17, 15) is 27.2 Å². The molecule has 0 saturated heterocycles. The molecular weight excluding hydrogens is 492 g/mol. The van der Waals surface area contributed by atoms with E-state index in [-0.39, 0.29) is 34.5 Å². The van der Waals surface area contributed by atoms with Crippen LogP contribution < -0.4 is 20.7 Å². The minimum absolute atomic E-state index is 0.0760. The van der Waals surface area contributed by atoms with Gasteiger partial charge in [-0.1, -0.05) is 18.5 Å². The van der Waals surface area contributed by atoms with Crippen molar-refractivity contribution in [3.8, 4) is 11.5 Å². The summed E-state index contributed by atoms with van der Waals surface area (Å²) in [4.78, 5) is 28.1. The van der Waals surface area contributed by atoms with Crippen molar-refractivity contribution < 1.29 is 31.9 Å². The van der Waals surface area contributed by atoms with Crippen molar-refractivity contribution >= 4 is 34.9 Å². The number of ether oxygens (including phenoxy) is 1. The van der Waals surface area contributed by atoms with Gasteiger partial charge in [0.05, 0.1) is 16.3 Å². The first-order valence-electron chi connectivity index (χ1n) is 10.2. The van der Waals surface area contributed by atoms with Gasteiger partial charge in [-0.3, -0.25) is 9.78 Å². The maximum absolute atomic E-state index is 14.5. The number of urea groups is 1. The van der Waals surface area contributed by atoms with Gasteiger partial charge >= 0.3 is 12.2 Å². The second-order valence-electron chi connectivity index (χ2n) is 7.15. The lowest BCUT2D eigenvalue weighted by atomic mass is 10.2. The number of nitrogens with zero attached hydrogens (tertiary/aromatic N) is 1. The highest BCUT2D eigenvalue weighted by molar-refractivity contribution is 6.31. The Morgan fingerprint density at radius 3 is 2.46 bits per heavy atom. The van der Waals surface area contributed by atoms with Gasteiger partial charge < -0.3 is 20.7 Å². The van der Waals surface area contributed by atoms with E-state index >= 15 is 0 Å². The zero-order valence-corrected chi connectivity index (χ0v) is 18.9. The number of carbonyl (C=O) groups excluding carboxylic acids is 2. The Hall–Kier alpha value is -3.86. The number of alkyl halides is 3. The van der Waals surface area contributed by atoms with Gasteiger partial charge in [0.2, 0.25) is 0 Å². The standard InChI is InChI=1S/C23H19ClF4N4O3/c1-2-8-30-21(33)20-12-15(7-9-29-20)35-14-4-6-19(18(25)11-14)32-22(34)31-13-3-5-17(24)16(10-13)23(26,27)28/h3-7,9-12H,2,8H2,1H3,(H,30,33)(H2,31,32,34). The number of amides is 3. The fraction of sp³-hybridized carbons (Fsp3) is 0.174. The quantitative estimate of drug-likeness (QED) is 0.318. The van der Waals surface area contributed by atoms with Gasteiger partial charge in [0.15, 0.2) is 0 Å². The lowest BCUT2D eigenvalue weighted by Crippen LogP contribution is -2.24. The number of benzene rings is 2. The molecule has 2 aromatic carbocycles. The third kappa shape index (κ3) is 7.06. The molecule has 1 heterocycles. The van der Waals surface area contributed by atoms with Crippen LogP contribution in [0.3, 0.4) is 0 Å². The maximum Gasteiger partial charge on any atom is 0.417 e. The largest absolute Gasteiger partial charge is 0.457 e. The fourth-order valence-electron chi connectivity index (χ4n) is 2.83. The Balaban J connectivity index is 1.66. The van der Waals surface area contributed by atoms with E-state index in [0.29, 0.717) is 12.6 Å². The molecule has 0 aliphatic carbocycles. The Morgan fingerprint density at radius 1 is 1.03 bits per heavy atom. The second-order valence-corrected chi connectivity index (χ2v) is 7.56. The summed E-state index contributed by atoms with van der Waals surface area (Å²) in [5.41, 5.74) is -1.42. The van der Waals surface area contributed by atoms with E-state index in [2.05, 4.69) is 20.9 Å². The van der Waals surface area contributed by atoms with Crippen LogP contribution in [-0.2, 0) is 6.18 Å². The SMILES string of the molecule is CCCNC(=O)c1cc(Oc2ccc(NC(=O)Nc3ccc(Cl)c(C(F)(F)F)c3)c(F)c2)ccn1. The Labute approximate surface area is 202 Å². The molecule has 0 bridgehead atoms. The summed E-state index contributed by atoms with van der Waals surface area (Å²) in [6.45, 7) is 2.39. The van der Waals surface area contributed by atoms with Crippen LogP contribution in [0.4, 0.5) is 33.7 Å². The number of aromatic nitrogens is 1. The van der Waals surface area contributed by atoms with Crippen molar-refractivity contribution in [2.24, 2.45) is 0 Å². The molecule has 0 saturated carbocycles. The first kappa shape index (κ1) is 25.8. The maximum atomic E-state index is 14.5. The van der Waals surface area contributed by atoms with Gasteiger partial charge in [0.1, 0.15) is 23.0 Å². The van der Waals surface area contributed by atoms with Gasteiger partial charge in [-0.05, 0) is 42.8 Å². The van der Waals surface area contributed by atoms with Crippen LogP contribution in [0.15, 0.2) is 54.7 Å². The van der Waals surface area contributed by atoms with Crippen molar-refractivity contribution in [2.45, 2.75) is 19.5 Å². The number of nitrogens with one attached hydrogen (secondary N) is 3. The molecular formula is C23H19ClF4N4O3. The monoisotopic (exact) mass is 510 g/mol. The van der Waals surface area contributed by atoms with E-state index in [1.165, 1.54) is 36.5 Å². The van der Waals surface area contributed by atoms with Crippen molar-refractivity contribution in [1.29, 1.82) is 0 Å². The van der Waals surface area contributed by atoms with Gasteiger partial charge in [-0.15, -0.1) is 0 Å². The molecule has 1 aromatic heterocycles. The lowest BCUT2D eigenvalue weighted by molar-refractivity contribution is -0.137. The molecule has 0 fully saturated rings. The molecule has 7 nitrogen and oxygen atoms in total. The highest BCUT2D eigenvalue weighted by atomic mass is 35.5. The first-order valence-corrected chi connectivity index (χ1v) is 10.6. The molecule has 3 aromatic rings. The van der Waals surface area contributed by atoms with Crippen LogP contribution in [0.1, 0.15) is 29.4 Å². The predicted octanol–water partition coefficient (Wildman–Crippen LogP) is 6.47. The van der Waals surface area contributed by atoms with Crippen molar-refractivity contribution in [3.05, 3.63) is 76.8 Å². The van der Waals surface area contributed by atoms with E-state index < -0.39 is 28.6 Å². The highest BCUT2D eigenvalue weighted by Crippen LogP contribution is 2.36. The average molecular weight is 511 g/mol. The number of anilines is 2. The summed E-state index contributed by atoms with van der Waals surface area (Å²) in [6.07, 6.45) is -2.58. The van der Waals surface area contributed by atoms with Gasteiger partial charge in [-0.2, -0.15) is 13.2 Å². The number of halogens is 5. The third-order valence-electron chi connectivity index (χ3n) is 4.45. The number of rotatable bonds is 7. The van der Waals surface area contributed by atoms with Crippen LogP contribution in [0, 0.1) is 5.82 Å². The summed E-state index contributed by atoms with van der Waals surface area (Å²) in [5.74, 6) is -0.924. The first-order chi connectivity index (χ1) is 16.6. The second kappa shape index (κ2) is 11.0. The van der Waals surface area contributed by atoms with E-state index in [1.807, 2.05) is 6.92 Å². The normalized spacial score (nSPS) is 11.0. The van der Waals surface area contributed by atoms with Gasteiger partial charge in [0.25, 0.3) is 5.91 Å². The topological polar surface area (TPSA) is 92.4 Å². The minimum Gasteiger partial charge on any atom is -0.457 e. The molecule has 3 rings (SSSR count). The third-order valence-corrected chi connectivity index (χ3v) is 4.78. The molecule has 0 radical (unpaired) electrons. The highest BCUT2D eigenvalue weighted by Gasteiger charge is 2.33. The fourth-order valence-corrected chi connectivity index (χ4v) is 3.05. The van der Waals surface area contributed by atoms with Crippen LogP contribution in [0.5, 0.6) is 11.5 Å². The molecule has 0 unspecified atom stereocenters. The molecule has 3 amide bonds. The minimum atomic E-state index is -4.71. The van der Waals surface area contributed by atoms with Crippen LogP contribution in [0.25, 0.3) is 0 Å². The van der Waals surface area contributed by atoms with E-state index in [0.717, 1.165) is 18.6 Å². The van der Waals surface area contributed by atoms with Crippen LogP contribution >= 0.6 is 11.6 Å². The molecule has 3 N–H and O–H groups in total. The van der Waals surface area contributed by atoms with E-state index in [4.69, 9.17) is 16.3 Å². The van der Waals surface area contributed by atoms with Gasteiger partial charge in [-0.25, -0.2) is 9.18 Å². The Kier molecular flexibility index (Phi) is 8.13. The zero-order chi connectivity index (χ0) is 25.6. The molecule has 0 atom stereocenters. The van der Waals surface area contributed by atoms with Gasteiger partial charge in [0, 0.05) is 30.6 Å². The Morgan fingerprint density at radius 2 is 1.77 bits per heavy atom. The molecule has 184 valence electrons. The summed E-state index contributed by atoms with van der Waals surface area (Å²) < 4.78 is 59.0. The number of pyridine rings is 1. The van der Waals surface area contributed by atoms with Crippen LogP contribution in [-0.4, -0.2) is 23.5 Å². The number of hydrogen-bond donors (Lipinski definition) is 3. The van der Waals surface area contributed by atoms with Crippen LogP contribution in [0.2, 0.25) is 5.02 Å². The summed E-state index contributed by atoms with van der Waals surface area (Å²) in [5, 5.41) is 6.56. The number of carbonyl (C=O) groups is 2. The molecule has 0 aliphatic heterocycles. The summed E-state index contributed by atoms with van der Waals surface area (Å²) >= 11 is 5.55. The molecule has 0 spiro atoms. The summed E-state index contributed by atoms with van der Waals surface area (Å²) in [7, 11) is 0. The van der Waals surface area contributed by atoms with Crippen molar-refractivity contribution in [3.63, 3.8) is 0 Å². The van der Waals surface area contributed by atoms with Crippen molar-refractivity contribution in [1.82, 2.24) is 10.3 Å². The van der Waals surface area contributed by atoms with Crippen molar-refractivity contribution in [2.75, 3.05) is 17.2 Å². The average Bonchev–Trinajstić information content (AvgIpc) is 2.80.